The van der Waals surface area contributed by atoms with E-state index in [2.05, 4.69) is 17.1 Å². The van der Waals surface area contributed by atoms with E-state index < -0.39 is 5.91 Å². The summed E-state index contributed by atoms with van der Waals surface area (Å²) in [6.07, 6.45) is 0. The number of benzene rings is 2. The Labute approximate surface area is 184 Å². The van der Waals surface area contributed by atoms with Crippen LogP contribution in [0, 0.1) is 13.8 Å². The van der Waals surface area contributed by atoms with E-state index in [-0.39, 0.29) is 5.56 Å². The molecule has 3 N–H and O–H groups in total. The zero-order valence-electron chi connectivity index (χ0n) is 17.7. The van der Waals surface area contributed by atoms with Crippen molar-refractivity contribution in [3.8, 4) is 11.1 Å². The lowest BCUT2D eigenvalue weighted by Crippen LogP contribution is -2.22. The van der Waals surface area contributed by atoms with Gasteiger partial charge < -0.3 is 10.7 Å². The number of aryl methyl sites for hydroxylation is 2. The Kier molecular flexibility index (Phi) is 5.71. The van der Waals surface area contributed by atoms with E-state index in [1.165, 1.54) is 5.56 Å². The Balaban J connectivity index is 1.61. The summed E-state index contributed by atoms with van der Waals surface area (Å²) in [5.41, 5.74) is 9.86. The first-order valence-corrected chi connectivity index (χ1v) is 10.8. The van der Waals surface area contributed by atoms with E-state index in [4.69, 9.17) is 10.7 Å². The van der Waals surface area contributed by atoms with Gasteiger partial charge in [0.2, 0.25) is 5.91 Å². The summed E-state index contributed by atoms with van der Waals surface area (Å²) in [4.78, 5) is 35.9. The van der Waals surface area contributed by atoms with Crippen LogP contribution >= 0.6 is 11.3 Å². The summed E-state index contributed by atoms with van der Waals surface area (Å²) in [7, 11) is 1.94. The van der Waals surface area contributed by atoms with Crippen LogP contribution in [0.25, 0.3) is 21.3 Å². The molecule has 7 heteroatoms. The van der Waals surface area contributed by atoms with Crippen molar-refractivity contribution in [2.75, 3.05) is 7.05 Å². The number of amides is 1. The number of nitrogens with one attached hydrogen (secondary N) is 1. The van der Waals surface area contributed by atoms with Crippen molar-refractivity contribution in [2.24, 2.45) is 5.73 Å². The average molecular weight is 433 g/mol. The van der Waals surface area contributed by atoms with Gasteiger partial charge in [-0.15, -0.1) is 11.3 Å². The van der Waals surface area contributed by atoms with E-state index in [1.54, 1.807) is 23.5 Å². The topological polar surface area (TPSA) is 92.1 Å². The summed E-state index contributed by atoms with van der Waals surface area (Å²) in [5.74, 6) is 0.168. The van der Waals surface area contributed by atoms with Crippen LogP contribution in [0.2, 0.25) is 0 Å². The fraction of sp³-hybridized carbons (Fsp3) is 0.208. The molecule has 0 unspecified atom stereocenters. The van der Waals surface area contributed by atoms with E-state index in [0.29, 0.717) is 29.9 Å². The van der Waals surface area contributed by atoms with Crippen LogP contribution in [-0.2, 0) is 13.1 Å². The van der Waals surface area contributed by atoms with Crippen LogP contribution in [0.3, 0.4) is 0 Å². The molecular weight excluding hydrogens is 408 g/mol. The van der Waals surface area contributed by atoms with Gasteiger partial charge in [0.25, 0.3) is 5.56 Å². The lowest BCUT2D eigenvalue weighted by atomic mass is 10.0. The molecule has 0 aliphatic carbocycles. The zero-order chi connectivity index (χ0) is 22.1. The number of aromatic nitrogens is 2. The largest absolute Gasteiger partial charge is 0.366 e. The van der Waals surface area contributed by atoms with E-state index in [9.17, 15) is 9.59 Å². The molecule has 0 atom stereocenters. The molecule has 0 fully saturated rings. The fourth-order valence-corrected chi connectivity index (χ4v) is 4.82. The molecule has 0 aliphatic heterocycles. The van der Waals surface area contributed by atoms with Gasteiger partial charge in [0.1, 0.15) is 10.7 Å². The molecule has 4 aromatic rings. The molecule has 6 nitrogen and oxygen atoms in total. The van der Waals surface area contributed by atoms with Gasteiger partial charge in [-0.1, -0.05) is 42.0 Å². The Morgan fingerprint density at radius 1 is 1.13 bits per heavy atom. The number of H-pyrrole nitrogens is 1. The number of hydrogen-bond acceptors (Lipinski definition) is 5. The number of primary amides is 1. The molecule has 1 amide bonds. The summed E-state index contributed by atoms with van der Waals surface area (Å²) >= 11 is 1.54. The smallest absolute Gasteiger partial charge is 0.260 e. The summed E-state index contributed by atoms with van der Waals surface area (Å²) in [6.45, 7) is 5.14. The molecule has 31 heavy (non-hydrogen) atoms. The van der Waals surface area contributed by atoms with Crippen molar-refractivity contribution < 1.29 is 4.79 Å². The quantitative estimate of drug-likeness (QED) is 0.482. The van der Waals surface area contributed by atoms with Crippen LogP contribution < -0.4 is 11.3 Å². The molecule has 0 bridgehead atoms. The van der Waals surface area contributed by atoms with Gasteiger partial charge in [0.15, 0.2) is 0 Å². The Morgan fingerprint density at radius 3 is 2.58 bits per heavy atom. The van der Waals surface area contributed by atoms with Crippen molar-refractivity contribution in [3.63, 3.8) is 0 Å². The minimum absolute atomic E-state index is 0.121. The van der Waals surface area contributed by atoms with Crippen LogP contribution in [0.1, 0.15) is 32.2 Å². The maximum Gasteiger partial charge on any atom is 0.260 e. The molecule has 158 valence electrons. The van der Waals surface area contributed by atoms with Gasteiger partial charge in [0, 0.05) is 22.5 Å². The molecule has 2 heterocycles. The maximum atomic E-state index is 13.0. The highest BCUT2D eigenvalue weighted by molar-refractivity contribution is 7.19. The molecular formula is C24H24N4O2S. The van der Waals surface area contributed by atoms with Crippen LogP contribution in [0.4, 0.5) is 0 Å². The fourth-order valence-electron chi connectivity index (χ4n) is 3.75. The first-order valence-electron chi connectivity index (χ1n) is 9.98. The third-order valence-electron chi connectivity index (χ3n) is 5.21. The Hall–Kier alpha value is -3.29. The van der Waals surface area contributed by atoms with Gasteiger partial charge in [-0.2, -0.15) is 0 Å². The number of rotatable bonds is 6. The zero-order valence-corrected chi connectivity index (χ0v) is 18.5. The average Bonchev–Trinajstić information content (AvgIpc) is 3.05. The molecule has 2 aromatic carbocycles. The number of thiophene rings is 1. The number of nitrogens with zero attached hydrogens (tertiary/aromatic N) is 2. The molecule has 0 saturated carbocycles. The monoisotopic (exact) mass is 432 g/mol. The first kappa shape index (κ1) is 21.0. The number of carbonyl (C=O) groups excluding carboxylic acids is 1. The second-order valence-corrected chi connectivity index (χ2v) is 9.03. The molecule has 0 spiro atoms. The van der Waals surface area contributed by atoms with E-state index >= 15 is 0 Å². The molecule has 4 rings (SSSR count). The van der Waals surface area contributed by atoms with E-state index in [1.807, 2.05) is 50.1 Å². The van der Waals surface area contributed by atoms with Crippen LogP contribution in [0.5, 0.6) is 0 Å². The maximum absolute atomic E-state index is 13.0. The van der Waals surface area contributed by atoms with Crippen molar-refractivity contribution in [2.45, 2.75) is 26.9 Å². The van der Waals surface area contributed by atoms with Gasteiger partial charge in [0.05, 0.1) is 11.9 Å². The number of aromatic amines is 1. The Morgan fingerprint density at radius 2 is 1.87 bits per heavy atom. The molecule has 0 radical (unpaired) electrons. The van der Waals surface area contributed by atoms with Crippen LogP contribution in [-0.4, -0.2) is 27.8 Å². The highest BCUT2D eigenvalue weighted by atomic mass is 32.1. The minimum Gasteiger partial charge on any atom is -0.366 e. The molecule has 0 aliphatic rings. The second-order valence-electron chi connectivity index (χ2n) is 7.83. The Bertz CT molecular complexity index is 1320. The van der Waals surface area contributed by atoms with Crippen LogP contribution in [0.15, 0.2) is 53.3 Å². The van der Waals surface area contributed by atoms with Crippen molar-refractivity contribution in [1.82, 2.24) is 14.9 Å². The first-order chi connectivity index (χ1) is 14.8. The molecule has 2 aromatic heterocycles. The number of fused-ring (bicyclic) bond motifs is 1. The predicted molar refractivity (Wildman–Crippen MR) is 125 cm³/mol. The molecule has 0 saturated heterocycles. The van der Waals surface area contributed by atoms with E-state index in [0.717, 1.165) is 26.4 Å². The summed E-state index contributed by atoms with van der Waals surface area (Å²) in [5, 5.41) is 0.645. The highest BCUT2D eigenvalue weighted by Crippen LogP contribution is 2.35. The number of hydrogen-bond donors (Lipinski definition) is 2. The highest BCUT2D eigenvalue weighted by Gasteiger charge is 2.17. The van der Waals surface area contributed by atoms with Gasteiger partial charge in [-0.25, -0.2) is 4.98 Å². The lowest BCUT2D eigenvalue weighted by molar-refractivity contribution is 0.1000. The van der Waals surface area contributed by atoms with Gasteiger partial charge in [-0.3, -0.25) is 14.5 Å². The third-order valence-corrected chi connectivity index (χ3v) is 6.21. The second kappa shape index (κ2) is 8.45. The standard InChI is InChI=1S/C24H24N4O2S/c1-14-7-9-17(10-8-14)20-15(2)31-24-21(20)23(30)26-19(27-24)13-28(3)12-16-5-4-6-18(11-16)22(25)29/h4-11H,12-13H2,1-3H3,(H2,25,29)(H,26,27,30). The van der Waals surface area contributed by atoms with Crippen molar-refractivity contribution in [1.29, 1.82) is 0 Å². The minimum atomic E-state index is -0.446. The van der Waals surface area contributed by atoms with Gasteiger partial charge in [-0.05, 0) is 44.2 Å². The SMILES string of the molecule is Cc1ccc(-c2c(C)sc3nc(CN(C)Cc4cccc(C(N)=O)c4)[nH]c(=O)c23)cc1. The van der Waals surface area contributed by atoms with Crippen molar-refractivity contribution in [3.05, 3.63) is 86.3 Å². The summed E-state index contributed by atoms with van der Waals surface area (Å²) in [6, 6.07) is 15.4. The summed E-state index contributed by atoms with van der Waals surface area (Å²) < 4.78 is 0. The normalized spacial score (nSPS) is 11.4. The third kappa shape index (κ3) is 4.42. The van der Waals surface area contributed by atoms with Crippen molar-refractivity contribution >= 4 is 27.5 Å². The number of nitrogens with two attached hydrogens (primary N) is 1. The number of carbonyl (C=O) groups is 1. The van der Waals surface area contributed by atoms with Gasteiger partial charge >= 0.3 is 0 Å². The lowest BCUT2D eigenvalue weighted by Gasteiger charge is -2.16. The predicted octanol–water partition coefficient (Wildman–Crippen LogP) is 4.00.